The van der Waals surface area contributed by atoms with Gasteiger partial charge in [0.1, 0.15) is 5.92 Å². The Morgan fingerprint density at radius 3 is 2.53 bits per heavy atom. The summed E-state index contributed by atoms with van der Waals surface area (Å²) in [6, 6.07) is 9.50. The van der Waals surface area contributed by atoms with Gasteiger partial charge in [0.05, 0.1) is 0 Å². The third-order valence-electron chi connectivity index (χ3n) is 2.72. The number of ketones is 1. The lowest BCUT2D eigenvalue weighted by atomic mass is 9.85. The van der Waals surface area contributed by atoms with E-state index in [1.54, 1.807) is 0 Å². The van der Waals surface area contributed by atoms with Crippen LogP contribution in [0.3, 0.4) is 0 Å². The first-order chi connectivity index (χ1) is 7.18. The van der Waals surface area contributed by atoms with E-state index in [0.29, 0.717) is 6.42 Å². The Morgan fingerprint density at radius 1 is 1.33 bits per heavy atom. The number of benzene rings is 1. The highest BCUT2D eigenvalue weighted by Crippen LogP contribution is 2.17. The monoisotopic (exact) mass is 203 g/mol. The molecule has 1 N–H and O–H groups in total. The third kappa shape index (κ3) is 1.91. The topological polar surface area (TPSA) is 46.2 Å². The van der Waals surface area contributed by atoms with E-state index in [1.807, 2.05) is 37.3 Å². The lowest BCUT2D eigenvalue weighted by Gasteiger charge is -2.32. The molecule has 0 aromatic heterocycles. The van der Waals surface area contributed by atoms with Gasteiger partial charge in [-0.25, -0.2) is 0 Å². The van der Waals surface area contributed by atoms with Gasteiger partial charge in [-0.2, -0.15) is 0 Å². The molecule has 0 saturated carbocycles. The van der Waals surface area contributed by atoms with E-state index in [0.717, 1.165) is 5.56 Å². The van der Waals surface area contributed by atoms with Gasteiger partial charge in [-0.1, -0.05) is 30.3 Å². The first-order valence-corrected chi connectivity index (χ1v) is 5.05. The average molecular weight is 203 g/mol. The SMILES string of the molecule is C[C@H]1NC(=O)[C@@H]1C(=O)Cc1ccccc1. The quantitative estimate of drug-likeness (QED) is 0.587. The fraction of sp³-hybridized carbons (Fsp3) is 0.333. The van der Waals surface area contributed by atoms with Crippen LogP contribution in [0.2, 0.25) is 0 Å². The van der Waals surface area contributed by atoms with Crippen molar-refractivity contribution < 1.29 is 9.59 Å². The summed E-state index contributed by atoms with van der Waals surface area (Å²) in [5.74, 6) is -0.564. The van der Waals surface area contributed by atoms with Crippen LogP contribution < -0.4 is 5.32 Å². The molecule has 15 heavy (non-hydrogen) atoms. The highest BCUT2D eigenvalue weighted by atomic mass is 16.2. The van der Waals surface area contributed by atoms with E-state index in [1.165, 1.54) is 0 Å². The van der Waals surface area contributed by atoms with Crippen molar-refractivity contribution in [1.82, 2.24) is 5.32 Å². The van der Waals surface area contributed by atoms with Crippen molar-refractivity contribution in [3.05, 3.63) is 35.9 Å². The van der Waals surface area contributed by atoms with Crippen LogP contribution in [0, 0.1) is 5.92 Å². The van der Waals surface area contributed by atoms with E-state index < -0.39 is 5.92 Å². The highest BCUT2D eigenvalue weighted by Gasteiger charge is 2.40. The molecule has 0 bridgehead atoms. The van der Waals surface area contributed by atoms with Crippen LogP contribution >= 0.6 is 0 Å². The first-order valence-electron chi connectivity index (χ1n) is 5.05. The Kier molecular flexibility index (Phi) is 2.54. The molecule has 0 radical (unpaired) electrons. The summed E-state index contributed by atoms with van der Waals surface area (Å²) in [5.41, 5.74) is 0.967. The lowest BCUT2D eigenvalue weighted by molar-refractivity contribution is -0.142. The summed E-state index contributed by atoms with van der Waals surface area (Å²) < 4.78 is 0. The van der Waals surface area contributed by atoms with E-state index in [4.69, 9.17) is 0 Å². The standard InChI is InChI=1S/C12H13NO2/c1-8-11(12(15)13-8)10(14)7-9-5-3-2-4-6-9/h2-6,8,11H,7H2,1H3,(H,13,15)/t8-,11+/m1/s1. The number of β-lactam (4-membered cyclic amide) rings is 1. The van der Waals surface area contributed by atoms with Gasteiger partial charge in [0.25, 0.3) is 0 Å². The Morgan fingerprint density at radius 2 is 2.00 bits per heavy atom. The first kappa shape index (κ1) is 9.90. The molecular weight excluding hydrogens is 190 g/mol. The number of nitrogens with one attached hydrogen (secondary N) is 1. The maximum atomic E-state index is 11.8. The molecular formula is C12H13NO2. The molecule has 78 valence electrons. The minimum absolute atomic E-state index is 0.00582. The van der Waals surface area contributed by atoms with Gasteiger partial charge in [-0.15, -0.1) is 0 Å². The van der Waals surface area contributed by atoms with E-state index in [2.05, 4.69) is 5.32 Å². The van der Waals surface area contributed by atoms with Gasteiger partial charge in [0.2, 0.25) is 5.91 Å². The number of amides is 1. The lowest BCUT2D eigenvalue weighted by Crippen LogP contribution is -2.59. The molecule has 2 rings (SSSR count). The smallest absolute Gasteiger partial charge is 0.232 e. The number of rotatable bonds is 3. The van der Waals surface area contributed by atoms with Gasteiger partial charge in [0.15, 0.2) is 5.78 Å². The molecule has 1 aliphatic heterocycles. The van der Waals surface area contributed by atoms with Crippen LogP contribution in [-0.4, -0.2) is 17.7 Å². The third-order valence-corrected chi connectivity index (χ3v) is 2.72. The van der Waals surface area contributed by atoms with Crippen LogP contribution in [-0.2, 0) is 16.0 Å². The van der Waals surface area contributed by atoms with Crippen molar-refractivity contribution in [3.8, 4) is 0 Å². The summed E-state index contributed by atoms with van der Waals surface area (Å²) in [4.78, 5) is 22.9. The Balaban J connectivity index is 2.01. The Bertz CT molecular complexity index is 386. The molecule has 1 fully saturated rings. The molecule has 3 heteroatoms. The second-order valence-electron chi connectivity index (χ2n) is 3.90. The van der Waals surface area contributed by atoms with Crippen LogP contribution in [0.4, 0.5) is 0 Å². The van der Waals surface area contributed by atoms with Crippen molar-refractivity contribution in [2.24, 2.45) is 5.92 Å². The van der Waals surface area contributed by atoms with Gasteiger partial charge >= 0.3 is 0 Å². The van der Waals surface area contributed by atoms with Crippen molar-refractivity contribution in [1.29, 1.82) is 0 Å². The zero-order valence-corrected chi connectivity index (χ0v) is 8.57. The Labute approximate surface area is 88.5 Å². The molecule has 0 aliphatic carbocycles. The Hall–Kier alpha value is -1.64. The molecule has 3 nitrogen and oxygen atoms in total. The van der Waals surface area contributed by atoms with Crippen LogP contribution in [0.15, 0.2) is 30.3 Å². The van der Waals surface area contributed by atoms with Gasteiger partial charge < -0.3 is 5.32 Å². The highest BCUT2D eigenvalue weighted by molar-refractivity contribution is 6.07. The van der Waals surface area contributed by atoms with Crippen LogP contribution in [0.5, 0.6) is 0 Å². The van der Waals surface area contributed by atoms with Crippen LogP contribution in [0.25, 0.3) is 0 Å². The zero-order chi connectivity index (χ0) is 10.8. The van der Waals surface area contributed by atoms with Crippen molar-refractivity contribution in [2.45, 2.75) is 19.4 Å². The second kappa shape index (κ2) is 3.85. The molecule has 1 heterocycles. The molecule has 1 amide bonds. The van der Waals surface area contributed by atoms with Crippen molar-refractivity contribution in [3.63, 3.8) is 0 Å². The van der Waals surface area contributed by atoms with Gasteiger partial charge in [-0.05, 0) is 12.5 Å². The minimum Gasteiger partial charge on any atom is -0.352 e. The summed E-state index contributed by atoms with van der Waals surface area (Å²) >= 11 is 0. The summed E-state index contributed by atoms with van der Waals surface area (Å²) in [7, 11) is 0. The minimum atomic E-state index is -0.440. The second-order valence-corrected chi connectivity index (χ2v) is 3.90. The zero-order valence-electron chi connectivity index (χ0n) is 8.57. The van der Waals surface area contributed by atoms with Crippen molar-refractivity contribution >= 4 is 11.7 Å². The molecule has 1 aromatic carbocycles. The van der Waals surface area contributed by atoms with E-state index >= 15 is 0 Å². The maximum absolute atomic E-state index is 11.8. The number of carbonyl (C=O) groups is 2. The number of hydrogen-bond acceptors (Lipinski definition) is 2. The fourth-order valence-electron chi connectivity index (χ4n) is 1.86. The van der Waals surface area contributed by atoms with Crippen LogP contribution in [0.1, 0.15) is 12.5 Å². The summed E-state index contributed by atoms with van der Waals surface area (Å²) in [6.45, 7) is 1.86. The molecule has 1 saturated heterocycles. The van der Waals surface area contributed by atoms with Gasteiger partial charge in [0, 0.05) is 12.5 Å². The number of hydrogen-bond donors (Lipinski definition) is 1. The van der Waals surface area contributed by atoms with E-state index in [9.17, 15) is 9.59 Å². The molecule has 1 aromatic rings. The largest absolute Gasteiger partial charge is 0.352 e. The maximum Gasteiger partial charge on any atom is 0.232 e. The predicted octanol–water partition coefficient (Wildman–Crippen LogP) is 0.933. The molecule has 0 spiro atoms. The summed E-state index contributed by atoms with van der Waals surface area (Å²) in [6.07, 6.45) is 0.350. The molecule has 1 aliphatic rings. The number of carbonyl (C=O) groups excluding carboxylic acids is 2. The summed E-state index contributed by atoms with van der Waals surface area (Å²) in [5, 5.41) is 2.66. The molecule has 0 unspecified atom stereocenters. The fourth-order valence-corrected chi connectivity index (χ4v) is 1.86. The van der Waals surface area contributed by atoms with Crippen molar-refractivity contribution in [2.75, 3.05) is 0 Å². The average Bonchev–Trinajstić information content (AvgIpc) is 2.18. The predicted molar refractivity (Wildman–Crippen MR) is 56.2 cm³/mol. The molecule has 2 atom stereocenters. The number of Topliss-reactive ketones (excluding diaryl/α,β-unsaturated/α-hetero) is 1. The van der Waals surface area contributed by atoms with E-state index in [-0.39, 0.29) is 17.7 Å². The van der Waals surface area contributed by atoms with Gasteiger partial charge in [-0.3, -0.25) is 9.59 Å². The normalized spacial score (nSPS) is 24.2.